The number of anilines is 1. The lowest BCUT2D eigenvalue weighted by Crippen LogP contribution is -2.32. The van der Waals surface area contributed by atoms with Crippen LogP contribution in [-0.2, 0) is 17.6 Å². The summed E-state index contributed by atoms with van der Waals surface area (Å²) < 4.78 is 0. The number of amides is 1. The predicted molar refractivity (Wildman–Crippen MR) is 101 cm³/mol. The molecule has 0 saturated carbocycles. The van der Waals surface area contributed by atoms with Crippen LogP contribution in [0.15, 0.2) is 24.5 Å². The second kappa shape index (κ2) is 7.40. The Morgan fingerprint density at radius 2 is 1.77 bits per heavy atom. The first-order chi connectivity index (χ1) is 12.8. The highest BCUT2D eigenvalue weighted by Crippen LogP contribution is 2.30. The third kappa shape index (κ3) is 3.28. The quantitative estimate of drug-likeness (QED) is 0.850. The van der Waals surface area contributed by atoms with Crippen LogP contribution in [0.4, 0.5) is 5.82 Å². The van der Waals surface area contributed by atoms with E-state index in [0.717, 1.165) is 61.9 Å². The maximum Gasteiger partial charge on any atom is 0.222 e. The molecule has 2 aromatic heterocycles. The minimum Gasteiger partial charge on any atom is -0.356 e. The summed E-state index contributed by atoms with van der Waals surface area (Å²) in [5, 5.41) is 0. The van der Waals surface area contributed by atoms with Crippen LogP contribution in [0.1, 0.15) is 37.4 Å². The largest absolute Gasteiger partial charge is 0.356 e. The van der Waals surface area contributed by atoms with Crippen molar-refractivity contribution in [2.75, 3.05) is 31.1 Å². The molecular weight excluding hydrogens is 326 g/mol. The average molecular weight is 351 g/mol. The van der Waals surface area contributed by atoms with E-state index in [1.807, 2.05) is 24.0 Å². The molecule has 0 aromatic carbocycles. The zero-order valence-electron chi connectivity index (χ0n) is 15.3. The van der Waals surface area contributed by atoms with E-state index in [2.05, 4.69) is 9.88 Å². The first-order valence-electron chi connectivity index (χ1n) is 9.59. The van der Waals surface area contributed by atoms with E-state index < -0.39 is 0 Å². The summed E-state index contributed by atoms with van der Waals surface area (Å²) in [6, 6.07) is 3.91. The second-order valence-electron chi connectivity index (χ2n) is 6.96. The summed E-state index contributed by atoms with van der Waals surface area (Å²) in [6.07, 6.45) is 8.17. The monoisotopic (exact) mass is 351 g/mol. The van der Waals surface area contributed by atoms with Crippen molar-refractivity contribution >= 4 is 11.7 Å². The van der Waals surface area contributed by atoms with Crippen LogP contribution in [-0.4, -0.2) is 51.9 Å². The molecule has 136 valence electrons. The van der Waals surface area contributed by atoms with Gasteiger partial charge in [-0.05, 0) is 31.4 Å². The summed E-state index contributed by atoms with van der Waals surface area (Å²) in [4.78, 5) is 30.5. The molecule has 2 aliphatic heterocycles. The lowest BCUT2D eigenvalue weighted by atomic mass is 10.1. The van der Waals surface area contributed by atoms with E-state index in [1.54, 1.807) is 12.4 Å². The molecule has 0 bridgehead atoms. The summed E-state index contributed by atoms with van der Waals surface area (Å²) in [7, 11) is 0. The van der Waals surface area contributed by atoms with Crippen molar-refractivity contribution in [1.29, 1.82) is 0 Å². The van der Waals surface area contributed by atoms with Gasteiger partial charge in [0, 0.05) is 62.5 Å². The standard InChI is InChI=1S/C20H25N5O/c1-2-18(26)24-13-7-16-17(8-14-24)22-19(15-5-9-21-10-6-15)23-20(16)25-11-3-4-12-25/h5-6,9-10H,2-4,7-8,11-14H2,1H3. The molecule has 1 amide bonds. The topological polar surface area (TPSA) is 62.2 Å². The number of rotatable bonds is 3. The van der Waals surface area contributed by atoms with Crippen LogP contribution in [0.25, 0.3) is 11.4 Å². The number of pyridine rings is 1. The van der Waals surface area contributed by atoms with Gasteiger partial charge >= 0.3 is 0 Å². The van der Waals surface area contributed by atoms with E-state index in [1.165, 1.54) is 18.4 Å². The van der Waals surface area contributed by atoms with Crippen LogP contribution in [0, 0.1) is 0 Å². The molecule has 0 unspecified atom stereocenters. The van der Waals surface area contributed by atoms with Crippen molar-refractivity contribution in [2.24, 2.45) is 0 Å². The number of carbonyl (C=O) groups is 1. The van der Waals surface area contributed by atoms with E-state index >= 15 is 0 Å². The van der Waals surface area contributed by atoms with Crippen molar-refractivity contribution in [3.63, 3.8) is 0 Å². The molecule has 4 rings (SSSR count). The number of carbonyl (C=O) groups excluding carboxylic acids is 1. The molecule has 4 heterocycles. The zero-order valence-corrected chi connectivity index (χ0v) is 15.3. The van der Waals surface area contributed by atoms with Crippen LogP contribution >= 0.6 is 0 Å². The molecule has 2 aliphatic rings. The van der Waals surface area contributed by atoms with Crippen molar-refractivity contribution in [2.45, 2.75) is 39.0 Å². The number of hydrogen-bond donors (Lipinski definition) is 0. The SMILES string of the molecule is CCC(=O)N1CCc2nc(-c3ccncc3)nc(N3CCCC3)c2CC1. The number of fused-ring (bicyclic) bond motifs is 1. The maximum atomic E-state index is 12.2. The van der Waals surface area contributed by atoms with Gasteiger partial charge in [-0.3, -0.25) is 9.78 Å². The minimum absolute atomic E-state index is 0.225. The van der Waals surface area contributed by atoms with Gasteiger partial charge in [-0.1, -0.05) is 6.92 Å². The Kier molecular flexibility index (Phi) is 4.82. The van der Waals surface area contributed by atoms with Crippen molar-refractivity contribution in [1.82, 2.24) is 19.9 Å². The van der Waals surface area contributed by atoms with Gasteiger partial charge in [0.15, 0.2) is 5.82 Å². The highest BCUT2D eigenvalue weighted by molar-refractivity contribution is 5.76. The van der Waals surface area contributed by atoms with Gasteiger partial charge in [-0.15, -0.1) is 0 Å². The van der Waals surface area contributed by atoms with Crippen LogP contribution in [0.5, 0.6) is 0 Å². The fourth-order valence-corrected chi connectivity index (χ4v) is 3.87. The second-order valence-corrected chi connectivity index (χ2v) is 6.96. The molecular formula is C20H25N5O. The van der Waals surface area contributed by atoms with Gasteiger partial charge in [0.2, 0.25) is 5.91 Å². The Bertz CT molecular complexity index is 786. The first-order valence-corrected chi connectivity index (χ1v) is 9.59. The van der Waals surface area contributed by atoms with Gasteiger partial charge in [0.25, 0.3) is 0 Å². The molecule has 0 aliphatic carbocycles. The highest BCUT2D eigenvalue weighted by atomic mass is 16.2. The Morgan fingerprint density at radius 1 is 1.04 bits per heavy atom. The van der Waals surface area contributed by atoms with Crippen LogP contribution in [0.3, 0.4) is 0 Å². The summed E-state index contributed by atoms with van der Waals surface area (Å²) in [5.74, 6) is 2.07. The van der Waals surface area contributed by atoms with Gasteiger partial charge in [-0.2, -0.15) is 0 Å². The first kappa shape index (κ1) is 16.9. The van der Waals surface area contributed by atoms with Crippen LogP contribution < -0.4 is 4.90 Å². The Labute approximate surface area is 154 Å². The zero-order chi connectivity index (χ0) is 17.9. The molecule has 1 saturated heterocycles. The fraction of sp³-hybridized carbons (Fsp3) is 0.500. The molecule has 0 spiro atoms. The normalized spacial score (nSPS) is 17.1. The minimum atomic E-state index is 0.225. The molecule has 6 nitrogen and oxygen atoms in total. The highest BCUT2D eigenvalue weighted by Gasteiger charge is 2.26. The molecule has 6 heteroatoms. The molecule has 2 aromatic rings. The Balaban J connectivity index is 1.74. The molecule has 26 heavy (non-hydrogen) atoms. The molecule has 1 fully saturated rings. The summed E-state index contributed by atoms with van der Waals surface area (Å²) >= 11 is 0. The smallest absolute Gasteiger partial charge is 0.222 e. The summed E-state index contributed by atoms with van der Waals surface area (Å²) in [6.45, 7) is 5.54. The van der Waals surface area contributed by atoms with E-state index in [4.69, 9.17) is 9.97 Å². The summed E-state index contributed by atoms with van der Waals surface area (Å²) in [5.41, 5.74) is 3.32. The van der Waals surface area contributed by atoms with Crippen molar-refractivity contribution < 1.29 is 4.79 Å². The number of aromatic nitrogens is 3. The number of hydrogen-bond acceptors (Lipinski definition) is 5. The lowest BCUT2D eigenvalue weighted by molar-refractivity contribution is -0.130. The Hall–Kier alpha value is -2.50. The van der Waals surface area contributed by atoms with Crippen LogP contribution in [0.2, 0.25) is 0 Å². The van der Waals surface area contributed by atoms with Gasteiger partial charge in [0.1, 0.15) is 5.82 Å². The molecule has 0 atom stereocenters. The molecule has 0 N–H and O–H groups in total. The van der Waals surface area contributed by atoms with Gasteiger partial charge in [-0.25, -0.2) is 9.97 Å². The third-order valence-electron chi connectivity index (χ3n) is 5.32. The van der Waals surface area contributed by atoms with E-state index in [0.29, 0.717) is 6.42 Å². The predicted octanol–water partition coefficient (Wildman–Crippen LogP) is 2.48. The van der Waals surface area contributed by atoms with Gasteiger partial charge in [0.05, 0.1) is 5.69 Å². The van der Waals surface area contributed by atoms with Gasteiger partial charge < -0.3 is 9.80 Å². The van der Waals surface area contributed by atoms with Crippen molar-refractivity contribution in [3.05, 3.63) is 35.8 Å². The van der Waals surface area contributed by atoms with E-state index in [9.17, 15) is 4.79 Å². The molecule has 0 radical (unpaired) electrons. The third-order valence-corrected chi connectivity index (χ3v) is 5.32. The Morgan fingerprint density at radius 3 is 2.50 bits per heavy atom. The lowest BCUT2D eigenvalue weighted by Gasteiger charge is -2.22. The maximum absolute atomic E-state index is 12.2. The van der Waals surface area contributed by atoms with Crippen molar-refractivity contribution in [3.8, 4) is 11.4 Å². The van der Waals surface area contributed by atoms with E-state index in [-0.39, 0.29) is 5.91 Å². The average Bonchev–Trinajstić information content (AvgIpc) is 3.14. The number of nitrogens with zero attached hydrogens (tertiary/aromatic N) is 5. The fourth-order valence-electron chi connectivity index (χ4n) is 3.87.